The lowest BCUT2D eigenvalue weighted by Crippen LogP contribution is -2.42. The van der Waals surface area contributed by atoms with E-state index >= 15 is 0 Å². The highest BCUT2D eigenvalue weighted by Crippen LogP contribution is 2.15. The zero-order chi connectivity index (χ0) is 15.1. The van der Waals surface area contributed by atoms with E-state index in [9.17, 15) is 0 Å². The summed E-state index contributed by atoms with van der Waals surface area (Å²) in [5.74, 6) is 0.488. The standard InChI is InChI=1S/C16H23N5.HI/c1-2-21-9-3-4-15(21)12-20-16(18)19-11-14-7-5-13(10-17)6-8-14;/h5-8,15H,2-4,9,11-12H2,1H3,(H3,18,19,20);1H. The quantitative estimate of drug-likeness (QED) is 0.440. The smallest absolute Gasteiger partial charge is 0.188 e. The van der Waals surface area contributed by atoms with Crippen molar-refractivity contribution in [2.75, 3.05) is 19.6 Å². The van der Waals surface area contributed by atoms with Crippen LogP contribution < -0.4 is 11.1 Å². The predicted octanol–water partition coefficient (Wildman–Crippen LogP) is 2.06. The first-order chi connectivity index (χ1) is 10.2. The van der Waals surface area contributed by atoms with Gasteiger partial charge in [0, 0.05) is 12.6 Å². The number of likely N-dealkylation sites (tertiary alicyclic amines) is 1. The highest BCUT2D eigenvalue weighted by molar-refractivity contribution is 14.0. The summed E-state index contributed by atoms with van der Waals surface area (Å²) in [6.07, 6.45) is 2.49. The van der Waals surface area contributed by atoms with Crippen LogP contribution in [0.5, 0.6) is 0 Å². The molecular weight excluding hydrogens is 389 g/mol. The largest absolute Gasteiger partial charge is 0.370 e. The Morgan fingerprint density at radius 3 is 2.82 bits per heavy atom. The van der Waals surface area contributed by atoms with Crippen molar-refractivity contribution >= 4 is 29.9 Å². The molecule has 0 aliphatic carbocycles. The number of nitriles is 1. The molecule has 0 bridgehead atoms. The number of aliphatic imine (C=N–C) groups is 1. The molecule has 120 valence electrons. The number of nitrogens with two attached hydrogens (primary N) is 1. The van der Waals surface area contributed by atoms with Crippen LogP contribution in [0.2, 0.25) is 0 Å². The summed E-state index contributed by atoms with van der Waals surface area (Å²) >= 11 is 0. The summed E-state index contributed by atoms with van der Waals surface area (Å²) in [7, 11) is 0. The Morgan fingerprint density at radius 2 is 2.18 bits per heavy atom. The molecule has 0 spiro atoms. The van der Waals surface area contributed by atoms with E-state index in [1.165, 1.54) is 19.4 Å². The number of rotatable bonds is 5. The molecule has 1 saturated heterocycles. The van der Waals surface area contributed by atoms with Crippen LogP contribution in [0.25, 0.3) is 0 Å². The SMILES string of the molecule is CCN1CCCC1CNC(N)=NCc1ccc(C#N)cc1.I. The number of hydrogen-bond acceptors (Lipinski definition) is 3. The molecule has 1 heterocycles. The molecule has 2 rings (SSSR count). The minimum Gasteiger partial charge on any atom is -0.370 e. The third-order valence-corrected chi connectivity index (χ3v) is 3.94. The molecule has 1 aromatic carbocycles. The van der Waals surface area contributed by atoms with Crippen LogP contribution in [0.15, 0.2) is 29.3 Å². The van der Waals surface area contributed by atoms with Crippen molar-refractivity contribution in [3.63, 3.8) is 0 Å². The van der Waals surface area contributed by atoms with Crippen LogP contribution >= 0.6 is 24.0 Å². The van der Waals surface area contributed by atoms with Gasteiger partial charge in [-0.15, -0.1) is 24.0 Å². The van der Waals surface area contributed by atoms with Crippen molar-refractivity contribution in [2.24, 2.45) is 10.7 Å². The fraction of sp³-hybridized carbons (Fsp3) is 0.500. The average Bonchev–Trinajstić information content (AvgIpc) is 2.99. The van der Waals surface area contributed by atoms with Crippen LogP contribution in [-0.4, -0.2) is 36.5 Å². The van der Waals surface area contributed by atoms with E-state index in [1.54, 1.807) is 12.1 Å². The second-order valence-electron chi connectivity index (χ2n) is 5.32. The van der Waals surface area contributed by atoms with Crippen molar-refractivity contribution in [1.82, 2.24) is 10.2 Å². The lowest BCUT2D eigenvalue weighted by molar-refractivity contribution is 0.267. The van der Waals surface area contributed by atoms with Crippen molar-refractivity contribution < 1.29 is 0 Å². The predicted molar refractivity (Wildman–Crippen MR) is 100 cm³/mol. The molecule has 22 heavy (non-hydrogen) atoms. The first kappa shape index (κ1) is 18.7. The Kier molecular flexibility index (Phi) is 8.20. The van der Waals surface area contributed by atoms with Gasteiger partial charge in [-0.05, 0) is 43.6 Å². The van der Waals surface area contributed by atoms with Gasteiger partial charge in [-0.1, -0.05) is 19.1 Å². The fourth-order valence-electron chi connectivity index (χ4n) is 2.68. The Balaban J connectivity index is 0.00000242. The van der Waals surface area contributed by atoms with Gasteiger partial charge in [-0.3, -0.25) is 4.90 Å². The highest BCUT2D eigenvalue weighted by atomic mass is 127. The maximum Gasteiger partial charge on any atom is 0.188 e. The van der Waals surface area contributed by atoms with Gasteiger partial charge in [0.2, 0.25) is 0 Å². The van der Waals surface area contributed by atoms with Crippen molar-refractivity contribution in [1.29, 1.82) is 5.26 Å². The highest BCUT2D eigenvalue weighted by Gasteiger charge is 2.22. The lowest BCUT2D eigenvalue weighted by Gasteiger charge is -2.23. The van der Waals surface area contributed by atoms with Gasteiger partial charge in [-0.2, -0.15) is 5.26 Å². The van der Waals surface area contributed by atoms with Crippen LogP contribution in [0.4, 0.5) is 0 Å². The van der Waals surface area contributed by atoms with E-state index in [0.29, 0.717) is 24.1 Å². The van der Waals surface area contributed by atoms with Gasteiger partial charge in [0.15, 0.2) is 5.96 Å². The van der Waals surface area contributed by atoms with Crippen LogP contribution in [0.1, 0.15) is 30.9 Å². The van der Waals surface area contributed by atoms with E-state index in [-0.39, 0.29) is 24.0 Å². The average molecular weight is 413 g/mol. The van der Waals surface area contributed by atoms with E-state index < -0.39 is 0 Å². The summed E-state index contributed by atoms with van der Waals surface area (Å²) in [4.78, 5) is 6.82. The number of likely N-dealkylation sites (N-methyl/N-ethyl adjacent to an activating group) is 1. The first-order valence-electron chi connectivity index (χ1n) is 7.49. The fourth-order valence-corrected chi connectivity index (χ4v) is 2.68. The second-order valence-corrected chi connectivity index (χ2v) is 5.32. The summed E-state index contributed by atoms with van der Waals surface area (Å²) in [6, 6.07) is 10.1. The zero-order valence-electron chi connectivity index (χ0n) is 13.0. The number of benzene rings is 1. The summed E-state index contributed by atoms with van der Waals surface area (Å²) < 4.78 is 0. The van der Waals surface area contributed by atoms with E-state index in [1.807, 2.05) is 12.1 Å². The monoisotopic (exact) mass is 413 g/mol. The van der Waals surface area contributed by atoms with Gasteiger partial charge in [0.25, 0.3) is 0 Å². The molecule has 3 N–H and O–H groups in total. The topological polar surface area (TPSA) is 77.4 Å². The maximum absolute atomic E-state index is 8.75. The van der Waals surface area contributed by atoms with Crippen molar-refractivity contribution in [2.45, 2.75) is 32.4 Å². The third kappa shape index (κ3) is 5.46. The molecule has 0 aromatic heterocycles. The molecule has 1 aliphatic rings. The molecule has 0 saturated carbocycles. The van der Waals surface area contributed by atoms with E-state index in [4.69, 9.17) is 11.0 Å². The second kappa shape index (κ2) is 9.64. The van der Waals surface area contributed by atoms with Crippen LogP contribution in [0.3, 0.4) is 0 Å². The number of nitrogens with one attached hydrogen (secondary N) is 1. The third-order valence-electron chi connectivity index (χ3n) is 3.94. The molecule has 0 radical (unpaired) electrons. The molecular formula is C16H24IN5. The number of nitrogens with zero attached hydrogens (tertiary/aromatic N) is 3. The first-order valence-corrected chi connectivity index (χ1v) is 7.49. The Labute approximate surface area is 149 Å². The zero-order valence-corrected chi connectivity index (χ0v) is 15.3. The summed E-state index contributed by atoms with van der Waals surface area (Å²) in [5.41, 5.74) is 7.62. The molecule has 5 nitrogen and oxygen atoms in total. The van der Waals surface area contributed by atoms with E-state index in [2.05, 4.69) is 28.2 Å². The number of halogens is 1. The van der Waals surface area contributed by atoms with Gasteiger partial charge in [-0.25, -0.2) is 4.99 Å². The van der Waals surface area contributed by atoms with Crippen LogP contribution in [-0.2, 0) is 6.54 Å². The Hall–Kier alpha value is -1.33. The van der Waals surface area contributed by atoms with Gasteiger partial charge in [0.05, 0.1) is 18.2 Å². The van der Waals surface area contributed by atoms with Gasteiger partial charge >= 0.3 is 0 Å². The molecule has 1 atom stereocenters. The van der Waals surface area contributed by atoms with E-state index in [0.717, 1.165) is 18.7 Å². The minimum absolute atomic E-state index is 0. The number of guanidine groups is 1. The maximum atomic E-state index is 8.75. The molecule has 6 heteroatoms. The van der Waals surface area contributed by atoms with Crippen molar-refractivity contribution in [3.05, 3.63) is 35.4 Å². The van der Waals surface area contributed by atoms with Gasteiger partial charge < -0.3 is 11.1 Å². The van der Waals surface area contributed by atoms with Gasteiger partial charge in [0.1, 0.15) is 0 Å². The molecule has 1 fully saturated rings. The molecule has 1 unspecified atom stereocenters. The number of hydrogen-bond donors (Lipinski definition) is 2. The summed E-state index contributed by atoms with van der Waals surface area (Å²) in [6.45, 7) is 5.86. The Bertz CT molecular complexity index is 520. The normalized spacial score (nSPS) is 18.5. The minimum atomic E-state index is 0. The molecule has 1 aliphatic heterocycles. The summed E-state index contributed by atoms with van der Waals surface area (Å²) in [5, 5.41) is 12.0. The molecule has 0 amide bonds. The van der Waals surface area contributed by atoms with Crippen molar-refractivity contribution in [3.8, 4) is 6.07 Å². The Morgan fingerprint density at radius 1 is 1.45 bits per heavy atom. The van der Waals surface area contributed by atoms with Crippen LogP contribution in [0, 0.1) is 11.3 Å². The molecule has 1 aromatic rings. The lowest BCUT2D eigenvalue weighted by atomic mass is 10.1.